The van der Waals surface area contributed by atoms with Gasteiger partial charge in [-0.15, -0.1) is 0 Å². The summed E-state index contributed by atoms with van der Waals surface area (Å²) in [7, 11) is 0. The van der Waals surface area contributed by atoms with Crippen molar-refractivity contribution in [1.82, 2.24) is 9.80 Å². The Morgan fingerprint density at radius 3 is 2.65 bits per heavy atom. The minimum Gasteiger partial charge on any atom is -0.384 e. The Kier molecular flexibility index (Phi) is 5.80. The molecule has 2 rings (SSSR count). The van der Waals surface area contributed by atoms with E-state index in [0.717, 1.165) is 45.0 Å². The summed E-state index contributed by atoms with van der Waals surface area (Å²) in [6.07, 6.45) is 1.22. The van der Waals surface area contributed by atoms with E-state index >= 15 is 0 Å². The average Bonchev–Trinajstić information content (AvgIpc) is 2.47. The normalized spacial score (nSPS) is 18.9. The van der Waals surface area contributed by atoms with Crippen molar-refractivity contribution < 1.29 is 4.39 Å². The van der Waals surface area contributed by atoms with E-state index in [1.165, 1.54) is 12.5 Å². The second-order valence-electron chi connectivity index (χ2n) is 5.57. The second kappa shape index (κ2) is 7.60. The van der Waals surface area contributed by atoms with Crippen LogP contribution in [-0.2, 0) is 0 Å². The summed E-state index contributed by atoms with van der Waals surface area (Å²) in [5.41, 5.74) is 0.864. The summed E-state index contributed by atoms with van der Waals surface area (Å²) in [5, 5.41) is 3.28. The minimum absolute atomic E-state index is 0.183. The van der Waals surface area contributed by atoms with E-state index in [1.54, 1.807) is 12.1 Å². The first kappa shape index (κ1) is 15.3. The van der Waals surface area contributed by atoms with Gasteiger partial charge in [0.15, 0.2) is 0 Å². The molecule has 1 aliphatic rings. The van der Waals surface area contributed by atoms with Gasteiger partial charge in [0, 0.05) is 51.0 Å². The van der Waals surface area contributed by atoms with Gasteiger partial charge in [-0.2, -0.15) is 0 Å². The first-order valence-electron chi connectivity index (χ1n) is 7.65. The number of hydrogen-bond acceptors (Lipinski definition) is 3. The monoisotopic (exact) mass is 279 g/mol. The van der Waals surface area contributed by atoms with Gasteiger partial charge >= 0.3 is 0 Å². The average molecular weight is 279 g/mol. The molecule has 112 valence electrons. The Morgan fingerprint density at radius 2 is 2.00 bits per heavy atom. The summed E-state index contributed by atoms with van der Waals surface area (Å²) in [5.74, 6) is -0.183. The fourth-order valence-corrected chi connectivity index (χ4v) is 2.64. The van der Waals surface area contributed by atoms with Gasteiger partial charge in [-0.25, -0.2) is 4.39 Å². The molecule has 1 heterocycles. The molecule has 4 heteroatoms. The molecule has 1 saturated heterocycles. The van der Waals surface area contributed by atoms with Crippen molar-refractivity contribution in [2.24, 2.45) is 0 Å². The van der Waals surface area contributed by atoms with Gasteiger partial charge in [0.25, 0.3) is 0 Å². The predicted octanol–water partition coefficient (Wildman–Crippen LogP) is 2.65. The zero-order valence-corrected chi connectivity index (χ0v) is 12.6. The number of benzene rings is 1. The van der Waals surface area contributed by atoms with Crippen LogP contribution in [0.5, 0.6) is 0 Å². The third-order valence-electron chi connectivity index (χ3n) is 4.20. The minimum atomic E-state index is -0.183. The van der Waals surface area contributed by atoms with Crippen molar-refractivity contribution in [3.8, 4) is 0 Å². The summed E-state index contributed by atoms with van der Waals surface area (Å²) < 4.78 is 13.0. The molecular weight excluding hydrogens is 253 g/mol. The molecule has 1 N–H and O–H groups in total. The van der Waals surface area contributed by atoms with Crippen molar-refractivity contribution in [3.05, 3.63) is 30.1 Å². The Morgan fingerprint density at radius 1 is 1.25 bits per heavy atom. The molecule has 0 aromatic heterocycles. The molecule has 0 saturated carbocycles. The summed E-state index contributed by atoms with van der Waals surface area (Å²) in [6.45, 7) is 11.0. The highest BCUT2D eigenvalue weighted by Crippen LogP contribution is 2.10. The Labute approximate surface area is 121 Å². The molecule has 1 aromatic carbocycles. The number of hydrogen-bond donors (Lipinski definition) is 1. The molecule has 1 aromatic rings. The summed E-state index contributed by atoms with van der Waals surface area (Å²) in [6, 6.07) is 7.36. The van der Waals surface area contributed by atoms with Crippen LogP contribution in [0.1, 0.15) is 20.3 Å². The van der Waals surface area contributed by atoms with E-state index in [9.17, 15) is 4.39 Å². The quantitative estimate of drug-likeness (QED) is 0.863. The lowest BCUT2D eigenvalue weighted by Gasteiger charge is -2.37. The van der Waals surface area contributed by atoms with E-state index in [-0.39, 0.29) is 5.82 Å². The van der Waals surface area contributed by atoms with Crippen LogP contribution in [0.15, 0.2) is 24.3 Å². The molecular formula is C16H26FN3. The topological polar surface area (TPSA) is 18.5 Å². The number of anilines is 1. The van der Waals surface area contributed by atoms with Crippen LogP contribution in [0.2, 0.25) is 0 Å². The van der Waals surface area contributed by atoms with Crippen molar-refractivity contribution in [2.75, 3.05) is 44.6 Å². The molecule has 3 nitrogen and oxygen atoms in total. The van der Waals surface area contributed by atoms with Gasteiger partial charge in [0.05, 0.1) is 0 Å². The van der Waals surface area contributed by atoms with Gasteiger partial charge in [-0.05, 0) is 31.5 Å². The molecule has 0 spiro atoms. The smallest absolute Gasteiger partial charge is 0.125 e. The molecule has 20 heavy (non-hydrogen) atoms. The van der Waals surface area contributed by atoms with E-state index in [2.05, 4.69) is 29.0 Å². The second-order valence-corrected chi connectivity index (χ2v) is 5.57. The molecule has 0 bridgehead atoms. The van der Waals surface area contributed by atoms with E-state index in [4.69, 9.17) is 0 Å². The van der Waals surface area contributed by atoms with Crippen LogP contribution in [-0.4, -0.2) is 55.1 Å². The van der Waals surface area contributed by atoms with Crippen LogP contribution in [0.4, 0.5) is 10.1 Å². The molecule has 1 atom stereocenters. The van der Waals surface area contributed by atoms with E-state index in [0.29, 0.717) is 6.04 Å². The van der Waals surface area contributed by atoms with Crippen molar-refractivity contribution >= 4 is 5.69 Å². The van der Waals surface area contributed by atoms with Gasteiger partial charge in [0.2, 0.25) is 0 Å². The first-order valence-corrected chi connectivity index (χ1v) is 7.65. The molecule has 0 radical (unpaired) electrons. The SMILES string of the molecule is CCC(C)N1CCN(CCNc2cccc(F)c2)CC1. The van der Waals surface area contributed by atoms with Crippen LogP contribution < -0.4 is 5.32 Å². The highest BCUT2D eigenvalue weighted by molar-refractivity contribution is 5.42. The standard InChI is InChI=1S/C16H26FN3/c1-3-14(2)20-11-9-19(10-12-20)8-7-18-16-6-4-5-15(17)13-16/h4-6,13-14,18H,3,7-12H2,1-2H3. The highest BCUT2D eigenvalue weighted by Gasteiger charge is 2.19. The molecule has 1 aliphatic heterocycles. The largest absolute Gasteiger partial charge is 0.384 e. The third-order valence-corrected chi connectivity index (χ3v) is 4.20. The van der Waals surface area contributed by atoms with Gasteiger partial charge in [-0.1, -0.05) is 13.0 Å². The maximum atomic E-state index is 13.0. The van der Waals surface area contributed by atoms with Crippen LogP contribution in [0.25, 0.3) is 0 Å². The van der Waals surface area contributed by atoms with E-state index < -0.39 is 0 Å². The number of piperazine rings is 1. The Bertz CT molecular complexity index is 402. The van der Waals surface area contributed by atoms with Crippen molar-refractivity contribution in [3.63, 3.8) is 0 Å². The molecule has 1 unspecified atom stereocenters. The van der Waals surface area contributed by atoms with Crippen LogP contribution >= 0.6 is 0 Å². The van der Waals surface area contributed by atoms with Crippen molar-refractivity contribution in [1.29, 1.82) is 0 Å². The number of rotatable bonds is 6. The van der Waals surface area contributed by atoms with Gasteiger partial charge in [-0.3, -0.25) is 9.80 Å². The fourth-order valence-electron chi connectivity index (χ4n) is 2.64. The zero-order chi connectivity index (χ0) is 14.4. The lowest BCUT2D eigenvalue weighted by atomic mass is 10.2. The lowest BCUT2D eigenvalue weighted by Crippen LogP contribution is -2.50. The zero-order valence-electron chi connectivity index (χ0n) is 12.6. The summed E-state index contributed by atoms with van der Waals surface area (Å²) >= 11 is 0. The van der Waals surface area contributed by atoms with Crippen molar-refractivity contribution in [2.45, 2.75) is 26.3 Å². The van der Waals surface area contributed by atoms with Crippen LogP contribution in [0.3, 0.4) is 0 Å². The summed E-state index contributed by atoms with van der Waals surface area (Å²) in [4.78, 5) is 5.04. The fraction of sp³-hybridized carbons (Fsp3) is 0.625. The third kappa shape index (κ3) is 4.46. The molecule has 0 amide bonds. The first-order chi connectivity index (χ1) is 9.69. The lowest BCUT2D eigenvalue weighted by molar-refractivity contribution is 0.103. The highest BCUT2D eigenvalue weighted by atomic mass is 19.1. The van der Waals surface area contributed by atoms with E-state index in [1.807, 2.05) is 6.07 Å². The molecule has 1 fully saturated rings. The Hall–Kier alpha value is -1.13. The maximum Gasteiger partial charge on any atom is 0.125 e. The van der Waals surface area contributed by atoms with Gasteiger partial charge in [0.1, 0.15) is 5.82 Å². The Balaban J connectivity index is 1.66. The van der Waals surface area contributed by atoms with Gasteiger partial charge < -0.3 is 5.32 Å². The predicted molar refractivity (Wildman–Crippen MR) is 82.7 cm³/mol. The van der Waals surface area contributed by atoms with Crippen LogP contribution in [0, 0.1) is 5.82 Å². The number of halogens is 1. The molecule has 0 aliphatic carbocycles. The maximum absolute atomic E-state index is 13.0. The number of nitrogens with zero attached hydrogens (tertiary/aromatic N) is 2. The number of nitrogens with one attached hydrogen (secondary N) is 1.